The number of halogens is 4. The summed E-state index contributed by atoms with van der Waals surface area (Å²) < 4.78 is 69.9. The van der Waals surface area contributed by atoms with Crippen molar-refractivity contribution in [1.82, 2.24) is 4.90 Å². The molecule has 2 amide bonds. The zero-order valence-corrected chi connectivity index (χ0v) is 21.1. The molecule has 3 rings (SSSR count). The van der Waals surface area contributed by atoms with Crippen LogP contribution in [0.25, 0.3) is 0 Å². The monoisotopic (exact) mass is 570 g/mol. The zero-order chi connectivity index (χ0) is 25.8. The molecule has 0 heterocycles. The van der Waals surface area contributed by atoms with E-state index < -0.39 is 26.8 Å². The first kappa shape index (κ1) is 26.6. The fourth-order valence-electron chi connectivity index (χ4n) is 3.13. The highest BCUT2D eigenvalue weighted by Crippen LogP contribution is 2.31. The van der Waals surface area contributed by atoms with Gasteiger partial charge in [0.25, 0.3) is 0 Å². The average Bonchev–Trinajstić information content (AvgIpc) is 2.78. The van der Waals surface area contributed by atoms with Crippen LogP contribution in [-0.4, -0.2) is 25.4 Å². The van der Waals surface area contributed by atoms with Crippen molar-refractivity contribution in [2.24, 2.45) is 0 Å². The molecule has 0 aliphatic heterocycles. The number of carbonyl (C=O) groups excluding carboxylic acids is 1. The summed E-state index contributed by atoms with van der Waals surface area (Å²) in [5, 5.41) is 2.82. The maximum atomic E-state index is 13.0. The number of benzene rings is 3. The SMILES string of the molecule is CC(C)N(Cc1cccc(OS(=O)(=O)c2cccc(C(F)(F)F)c2)c1)C(=O)Nc1ccccc1Br. The third kappa shape index (κ3) is 6.98. The molecule has 35 heavy (non-hydrogen) atoms. The van der Waals surface area contributed by atoms with Crippen LogP contribution >= 0.6 is 15.9 Å². The zero-order valence-electron chi connectivity index (χ0n) is 18.7. The van der Waals surface area contributed by atoms with E-state index in [1.807, 2.05) is 19.9 Å². The van der Waals surface area contributed by atoms with Gasteiger partial charge < -0.3 is 14.4 Å². The molecule has 0 atom stereocenters. The van der Waals surface area contributed by atoms with E-state index in [9.17, 15) is 26.4 Å². The molecule has 6 nitrogen and oxygen atoms in total. The summed E-state index contributed by atoms with van der Waals surface area (Å²) in [5.74, 6) is -0.0881. The van der Waals surface area contributed by atoms with Gasteiger partial charge in [-0.25, -0.2) is 4.79 Å². The minimum atomic E-state index is -4.69. The molecule has 1 N–H and O–H groups in total. The quantitative estimate of drug-likeness (QED) is 0.321. The maximum absolute atomic E-state index is 13.0. The van der Waals surface area contributed by atoms with Crippen molar-refractivity contribution in [3.8, 4) is 5.75 Å². The molecule has 0 spiro atoms. The molecular weight excluding hydrogens is 549 g/mol. The van der Waals surface area contributed by atoms with Gasteiger partial charge in [-0.05, 0) is 77.8 Å². The molecule has 0 aromatic heterocycles. The van der Waals surface area contributed by atoms with Crippen molar-refractivity contribution in [1.29, 1.82) is 0 Å². The lowest BCUT2D eigenvalue weighted by atomic mass is 10.2. The topological polar surface area (TPSA) is 75.7 Å². The van der Waals surface area contributed by atoms with Crippen molar-refractivity contribution in [2.75, 3.05) is 5.32 Å². The fraction of sp³-hybridized carbons (Fsp3) is 0.208. The number of nitrogens with one attached hydrogen (secondary N) is 1. The molecule has 0 saturated carbocycles. The number of rotatable bonds is 7. The first-order valence-corrected chi connectivity index (χ1v) is 12.6. The van der Waals surface area contributed by atoms with Crippen molar-refractivity contribution in [2.45, 2.75) is 37.5 Å². The van der Waals surface area contributed by atoms with E-state index >= 15 is 0 Å². The lowest BCUT2D eigenvalue weighted by Crippen LogP contribution is -2.39. The Morgan fingerprint density at radius 3 is 2.37 bits per heavy atom. The highest BCUT2D eigenvalue weighted by atomic mass is 79.9. The van der Waals surface area contributed by atoms with Crippen LogP contribution in [0.2, 0.25) is 0 Å². The van der Waals surface area contributed by atoms with Crippen molar-refractivity contribution >= 4 is 37.8 Å². The number of urea groups is 1. The predicted molar refractivity (Wildman–Crippen MR) is 130 cm³/mol. The van der Waals surface area contributed by atoms with Gasteiger partial charge >= 0.3 is 22.3 Å². The van der Waals surface area contributed by atoms with E-state index in [4.69, 9.17) is 4.18 Å². The van der Waals surface area contributed by atoms with E-state index in [2.05, 4.69) is 21.2 Å². The third-order valence-corrected chi connectivity index (χ3v) is 6.84. The predicted octanol–water partition coefficient (Wildman–Crippen LogP) is 6.68. The smallest absolute Gasteiger partial charge is 0.379 e. The van der Waals surface area contributed by atoms with Gasteiger partial charge in [0, 0.05) is 17.1 Å². The molecule has 0 aliphatic carbocycles. The van der Waals surface area contributed by atoms with Crippen LogP contribution in [-0.2, 0) is 22.8 Å². The van der Waals surface area contributed by atoms with Crippen LogP contribution in [0.15, 0.2) is 82.2 Å². The van der Waals surface area contributed by atoms with E-state index in [1.165, 1.54) is 18.2 Å². The minimum absolute atomic E-state index is 0.0881. The lowest BCUT2D eigenvalue weighted by Gasteiger charge is -2.27. The van der Waals surface area contributed by atoms with Crippen LogP contribution in [0.5, 0.6) is 5.75 Å². The number of amides is 2. The first-order chi connectivity index (χ1) is 16.4. The standard InChI is InChI=1S/C24H22BrF3N2O4S/c1-16(2)30(23(31)29-22-12-4-3-11-21(22)25)15-17-7-5-9-19(13-17)34-35(32,33)20-10-6-8-18(14-20)24(26,27)28/h3-14,16H,15H2,1-2H3,(H,29,31). The Morgan fingerprint density at radius 1 is 1.03 bits per heavy atom. The van der Waals surface area contributed by atoms with Gasteiger partial charge in [0.05, 0.1) is 11.3 Å². The van der Waals surface area contributed by atoms with Crippen LogP contribution in [0.1, 0.15) is 25.0 Å². The van der Waals surface area contributed by atoms with E-state index in [1.54, 1.807) is 29.2 Å². The van der Waals surface area contributed by atoms with Gasteiger partial charge in [0.15, 0.2) is 0 Å². The molecule has 0 saturated heterocycles. The molecule has 0 bridgehead atoms. The number of nitrogens with zero attached hydrogens (tertiary/aromatic N) is 1. The number of hydrogen-bond donors (Lipinski definition) is 1. The van der Waals surface area contributed by atoms with Crippen molar-refractivity contribution in [3.63, 3.8) is 0 Å². The van der Waals surface area contributed by atoms with Gasteiger partial charge in [-0.3, -0.25) is 0 Å². The molecule has 11 heteroatoms. The second kappa shape index (κ2) is 10.7. The summed E-state index contributed by atoms with van der Waals surface area (Å²) >= 11 is 3.38. The molecule has 0 unspecified atom stereocenters. The highest BCUT2D eigenvalue weighted by Gasteiger charge is 2.32. The number of carbonyl (C=O) groups is 1. The minimum Gasteiger partial charge on any atom is -0.379 e. The number of anilines is 1. The Labute approximate surface area is 210 Å². The van der Waals surface area contributed by atoms with Crippen LogP contribution in [0.4, 0.5) is 23.7 Å². The van der Waals surface area contributed by atoms with Crippen LogP contribution in [0, 0.1) is 0 Å². The summed E-state index contributed by atoms with van der Waals surface area (Å²) in [6, 6.07) is 15.9. The number of alkyl halides is 3. The largest absolute Gasteiger partial charge is 0.416 e. The average molecular weight is 571 g/mol. The Hall–Kier alpha value is -3.05. The summed E-state index contributed by atoms with van der Waals surface area (Å²) in [4.78, 5) is 13.8. The van der Waals surface area contributed by atoms with Crippen molar-refractivity contribution < 1.29 is 30.6 Å². The second-order valence-corrected chi connectivity index (χ2v) is 10.2. The van der Waals surface area contributed by atoms with Gasteiger partial charge in [0.1, 0.15) is 10.6 Å². The molecule has 0 fully saturated rings. The van der Waals surface area contributed by atoms with E-state index in [0.29, 0.717) is 21.8 Å². The Balaban J connectivity index is 1.79. The van der Waals surface area contributed by atoms with Crippen LogP contribution in [0.3, 0.4) is 0 Å². The third-order valence-electron chi connectivity index (χ3n) is 4.91. The fourth-order valence-corrected chi connectivity index (χ4v) is 4.49. The maximum Gasteiger partial charge on any atom is 0.416 e. The summed E-state index contributed by atoms with van der Waals surface area (Å²) in [6.07, 6.45) is -4.69. The van der Waals surface area contributed by atoms with E-state index in [0.717, 1.165) is 18.2 Å². The molecule has 186 valence electrons. The van der Waals surface area contributed by atoms with Gasteiger partial charge in [-0.1, -0.05) is 30.3 Å². The number of hydrogen-bond acceptors (Lipinski definition) is 4. The van der Waals surface area contributed by atoms with Crippen molar-refractivity contribution in [3.05, 3.63) is 88.4 Å². The summed E-state index contributed by atoms with van der Waals surface area (Å²) in [5.41, 5.74) is 0.0599. The van der Waals surface area contributed by atoms with Crippen LogP contribution < -0.4 is 9.50 Å². The number of para-hydroxylation sites is 1. The molecule has 3 aromatic rings. The van der Waals surface area contributed by atoms with Gasteiger partial charge in [-0.15, -0.1) is 0 Å². The van der Waals surface area contributed by atoms with Gasteiger partial charge in [-0.2, -0.15) is 21.6 Å². The lowest BCUT2D eigenvalue weighted by molar-refractivity contribution is -0.137. The highest BCUT2D eigenvalue weighted by molar-refractivity contribution is 9.10. The van der Waals surface area contributed by atoms with E-state index in [-0.39, 0.29) is 24.4 Å². The molecule has 3 aromatic carbocycles. The Morgan fingerprint density at radius 2 is 1.71 bits per heavy atom. The second-order valence-electron chi connectivity index (χ2n) is 7.84. The van der Waals surface area contributed by atoms with Gasteiger partial charge in [0.2, 0.25) is 0 Å². The Kier molecular flexibility index (Phi) is 8.11. The first-order valence-electron chi connectivity index (χ1n) is 10.4. The Bertz CT molecular complexity index is 1310. The summed E-state index contributed by atoms with van der Waals surface area (Å²) in [7, 11) is -4.52. The molecule has 0 radical (unpaired) electrons. The molecular formula is C24H22BrF3N2O4S. The molecule has 0 aliphatic rings. The summed E-state index contributed by atoms with van der Waals surface area (Å²) in [6.45, 7) is 3.80. The normalized spacial score (nSPS) is 11.9.